The number of aliphatic hydroxyl groups excluding tert-OH is 2. The lowest BCUT2D eigenvalue weighted by Crippen LogP contribution is -2.64. The fraction of sp³-hybridized carbons (Fsp3) is 0.727. The Morgan fingerprint density at radius 1 is 1.13 bits per heavy atom. The third-order valence-electron chi connectivity index (χ3n) is 8.35. The summed E-state index contributed by atoms with van der Waals surface area (Å²) in [5.74, 6) is -1.71. The highest BCUT2D eigenvalue weighted by molar-refractivity contribution is 6.19. The summed E-state index contributed by atoms with van der Waals surface area (Å²) in [4.78, 5) is 49.2. The molecule has 0 aromatic carbocycles. The van der Waals surface area contributed by atoms with Gasteiger partial charge in [-0.25, -0.2) is 0 Å². The number of carbonyl (C=O) groups excluding carboxylic acids is 4. The highest BCUT2D eigenvalue weighted by Crippen LogP contribution is 2.66. The Morgan fingerprint density at radius 2 is 1.80 bits per heavy atom. The molecule has 2 N–H and O–H groups in total. The summed E-state index contributed by atoms with van der Waals surface area (Å²) in [6, 6.07) is 0. The van der Waals surface area contributed by atoms with Gasteiger partial charge in [-0.1, -0.05) is 27.2 Å². The molecule has 0 heterocycles. The number of ether oxygens (including phenoxy) is 2. The Bertz CT molecular complexity index is 848. The molecular formula is C22H28O8. The Kier molecular flexibility index (Phi) is 4.74. The Balaban J connectivity index is 1.93. The van der Waals surface area contributed by atoms with Crippen molar-refractivity contribution in [3.8, 4) is 0 Å². The maximum absolute atomic E-state index is 13.5. The van der Waals surface area contributed by atoms with Crippen LogP contribution in [0.25, 0.3) is 0 Å². The largest absolute Gasteiger partial charge is 0.467 e. The van der Waals surface area contributed by atoms with Crippen LogP contribution in [0.5, 0.6) is 0 Å². The lowest BCUT2D eigenvalue weighted by molar-refractivity contribution is -0.172. The van der Waals surface area contributed by atoms with Crippen LogP contribution in [0.15, 0.2) is 11.1 Å². The smallest absolute Gasteiger partial charge is 0.293 e. The fourth-order valence-electron chi connectivity index (χ4n) is 6.95. The predicted octanol–water partition coefficient (Wildman–Crippen LogP) is 0.724. The second-order valence-corrected chi connectivity index (χ2v) is 9.98. The van der Waals surface area contributed by atoms with Crippen molar-refractivity contribution in [1.82, 2.24) is 0 Å². The maximum Gasteiger partial charge on any atom is 0.293 e. The Hall–Kier alpha value is -2.06. The summed E-state index contributed by atoms with van der Waals surface area (Å²) >= 11 is 0. The summed E-state index contributed by atoms with van der Waals surface area (Å²) in [5, 5.41) is 22.2. The standard InChI is InChI=1S/C22H28O8/c1-11-7-22(11)18(27)12-13(14(25)19(22)28)21(3)6-4-5-20(2,8-29-9-23)17(21)15(26)16(12)30-10-24/h9-11,15-17,19,26,28H,4-8H2,1-3H3/t11-,15+,16-,17?,19-,20+,21+,22-/m0/s1. The molecule has 0 amide bonds. The van der Waals surface area contributed by atoms with E-state index in [1.54, 1.807) is 6.92 Å². The van der Waals surface area contributed by atoms with Crippen LogP contribution in [-0.4, -0.2) is 59.6 Å². The monoisotopic (exact) mass is 420 g/mol. The highest BCUT2D eigenvalue weighted by Gasteiger charge is 2.72. The topological polar surface area (TPSA) is 127 Å². The number of hydrogen-bond acceptors (Lipinski definition) is 8. The summed E-state index contributed by atoms with van der Waals surface area (Å²) < 4.78 is 10.3. The normalized spacial score (nSPS) is 47.4. The molecule has 1 spiro atoms. The van der Waals surface area contributed by atoms with Crippen molar-refractivity contribution < 1.29 is 38.9 Å². The van der Waals surface area contributed by atoms with Crippen LogP contribution < -0.4 is 0 Å². The van der Waals surface area contributed by atoms with Gasteiger partial charge in [0.15, 0.2) is 17.7 Å². The van der Waals surface area contributed by atoms with Gasteiger partial charge < -0.3 is 19.7 Å². The van der Waals surface area contributed by atoms with E-state index in [0.29, 0.717) is 32.2 Å². The Morgan fingerprint density at radius 3 is 2.37 bits per heavy atom. The summed E-state index contributed by atoms with van der Waals surface area (Å²) in [7, 11) is 0. The number of hydrogen-bond donors (Lipinski definition) is 2. The number of carbonyl (C=O) groups is 4. The summed E-state index contributed by atoms with van der Waals surface area (Å²) in [6.07, 6.45) is -1.77. The molecule has 0 aliphatic heterocycles. The van der Waals surface area contributed by atoms with Gasteiger partial charge in [0.25, 0.3) is 12.9 Å². The number of fused-ring (bicyclic) bond motifs is 2. The molecule has 164 valence electrons. The first-order valence-corrected chi connectivity index (χ1v) is 10.4. The second-order valence-electron chi connectivity index (χ2n) is 9.98. The van der Waals surface area contributed by atoms with Gasteiger partial charge in [0, 0.05) is 27.9 Å². The van der Waals surface area contributed by atoms with Crippen LogP contribution in [0.1, 0.15) is 46.5 Å². The van der Waals surface area contributed by atoms with E-state index in [2.05, 4.69) is 0 Å². The van der Waals surface area contributed by atoms with Crippen LogP contribution in [0.2, 0.25) is 0 Å². The average molecular weight is 420 g/mol. The van der Waals surface area contributed by atoms with Crippen molar-refractivity contribution in [2.24, 2.45) is 28.1 Å². The summed E-state index contributed by atoms with van der Waals surface area (Å²) in [6.45, 7) is 6.02. The van der Waals surface area contributed by atoms with Gasteiger partial charge >= 0.3 is 0 Å². The number of rotatable bonds is 5. The quantitative estimate of drug-likeness (QED) is 0.623. The van der Waals surface area contributed by atoms with Crippen LogP contribution in [-0.2, 0) is 28.7 Å². The van der Waals surface area contributed by atoms with Gasteiger partial charge in [-0.3, -0.25) is 19.2 Å². The molecule has 8 nitrogen and oxygen atoms in total. The number of ketones is 2. The molecule has 0 aromatic rings. The van der Waals surface area contributed by atoms with Gasteiger partial charge in [0.1, 0.15) is 6.10 Å². The van der Waals surface area contributed by atoms with E-state index in [4.69, 9.17) is 9.47 Å². The van der Waals surface area contributed by atoms with E-state index in [1.807, 2.05) is 13.8 Å². The van der Waals surface area contributed by atoms with E-state index in [-0.39, 0.29) is 30.1 Å². The van der Waals surface area contributed by atoms with Crippen LogP contribution in [0, 0.1) is 28.1 Å². The molecule has 0 saturated heterocycles. The minimum Gasteiger partial charge on any atom is -0.467 e. The molecule has 0 bridgehead atoms. The minimum atomic E-state index is -1.44. The van der Waals surface area contributed by atoms with Crippen LogP contribution in [0.3, 0.4) is 0 Å². The summed E-state index contributed by atoms with van der Waals surface area (Å²) in [5.41, 5.74) is -2.61. The zero-order valence-corrected chi connectivity index (χ0v) is 17.4. The number of Topliss-reactive ketones (excluding diaryl/α,β-unsaturated/α-hetero) is 2. The first-order valence-electron chi connectivity index (χ1n) is 10.4. The first kappa shape index (κ1) is 21.2. The van der Waals surface area contributed by atoms with Crippen LogP contribution >= 0.6 is 0 Å². The average Bonchev–Trinajstić information content (AvgIpc) is 3.37. The zero-order valence-electron chi connectivity index (χ0n) is 17.4. The van der Waals surface area contributed by atoms with Crippen molar-refractivity contribution in [3.05, 3.63) is 11.1 Å². The number of aliphatic hydroxyl groups is 2. The van der Waals surface area contributed by atoms with Crippen LogP contribution in [0.4, 0.5) is 0 Å². The molecule has 4 aliphatic rings. The first-order chi connectivity index (χ1) is 14.1. The maximum atomic E-state index is 13.5. The minimum absolute atomic E-state index is 0.0237. The van der Waals surface area contributed by atoms with Crippen molar-refractivity contribution >= 4 is 24.5 Å². The molecule has 0 aromatic heterocycles. The molecule has 8 atom stereocenters. The molecule has 4 aliphatic carbocycles. The van der Waals surface area contributed by atoms with E-state index in [1.165, 1.54) is 0 Å². The van der Waals surface area contributed by atoms with E-state index in [0.717, 1.165) is 0 Å². The SMILES string of the molecule is C[C@H]1C[C@@]12C(=O)C1=C(C(=O)[C@@H]2O)[C@@]2(C)CCC[C@](C)(COC=O)C2[C@H](O)[C@H]1OC=O. The third kappa shape index (κ3) is 2.46. The molecular weight excluding hydrogens is 392 g/mol. The molecule has 30 heavy (non-hydrogen) atoms. The van der Waals surface area contributed by atoms with Gasteiger partial charge in [-0.15, -0.1) is 0 Å². The van der Waals surface area contributed by atoms with Crippen molar-refractivity contribution in [1.29, 1.82) is 0 Å². The van der Waals surface area contributed by atoms with Crippen molar-refractivity contribution in [2.45, 2.75) is 64.8 Å². The molecule has 4 rings (SSSR count). The molecule has 0 radical (unpaired) electrons. The van der Waals surface area contributed by atoms with E-state index >= 15 is 0 Å². The van der Waals surface area contributed by atoms with Crippen molar-refractivity contribution in [2.75, 3.05) is 6.61 Å². The lowest BCUT2D eigenvalue weighted by atomic mass is 9.46. The van der Waals surface area contributed by atoms with E-state index < -0.39 is 52.0 Å². The Labute approximate surface area is 174 Å². The molecule has 1 unspecified atom stereocenters. The van der Waals surface area contributed by atoms with Gasteiger partial charge in [-0.2, -0.15) is 0 Å². The van der Waals surface area contributed by atoms with Gasteiger partial charge in [-0.05, 0) is 25.2 Å². The molecule has 8 heteroatoms. The molecule has 2 fully saturated rings. The second kappa shape index (κ2) is 6.72. The highest BCUT2D eigenvalue weighted by atomic mass is 16.5. The zero-order chi connectivity index (χ0) is 22.1. The van der Waals surface area contributed by atoms with E-state index in [9.17, 15) is 29.4 Å². The van der Waals surface area contributed by atoms with Crippen molar-refractivity contribution in [3.63, 3.8) is 0 Å². The van der Waals surface area contributed by atoms with Gasteiger partial charge in [0.05, 0.1) is 18.1 Å². The lowest BCUT2D eigenvalue weighted by Gasteiger charge is -2.59. The predicted molar refractivity (Wildman–Crippen MR) is 102 cm³/mol. The third-order valence-corrected chi connectivity index (χ3v) is 8.35. The van der Waals surface area contributed by atoms with Gasteiger partial charge in [0.2, 0.25) is 0 Å². The fourth-order valence-corrected chi connectivity index (χ4v) is 6.95. The molecule has 2 saturated carbocycles.